The standard InChI is InChI=1S/C17H17N5O/c1-13(14-6-5-9-18-12-14)20-17(23)21-16-19-10-11-22(16)15-7-3-2-4-8-15/h2-13H,1H3,(H2,19,20,21,23)/t13-/m0/s1. The molecule has 6 nitrogen and oxygen atoms in total. The minimum absolute atomic E-state index is 0.149. The third-order valence-corrected chi connectivity index (χ3v) is 3.43. The summed E-state index contributed by atoms with van der Waals surface area (Å²) in [6.07, 6.45) is 6.88. The zero-order chi connectivity index (χ0) is 16.1. The van der Waals surface area contributed by atoms with Gasteiger partial charge in [-0.1, -0.05) is 24.3 Å². The van der Waals surface area contributed by atoms with Crippen LogP contribution in [0.5, 0.6) is 0 Å². The van der Waals surface area contributed by atoms with Crippen LogP contribution in [-0.4, -0.2) is 20.6 Å². The number of carbonyl (C=O) groups is 1. The van der Waals surface area contributed by atoms with Crippen LogP contribution in [0.25, 0.3) is 5.69 Å². The van der Waals surface area contributed by atoms with Crippen LogP contribution in [0.1, 0.15) is 18.5 Å². The number of nitrogens with one attached hydrogen (secondary N) is 2. The number of nitrogens with zero attached hydrogens (tertiary/aromatic N) is 3. The summed E-state index contributed by atoms with van der Waals surface area (Å²) in [4.78, 5) is 20.4. The van der Waals surface area contributed by atoms with Gasteiger partial charge in [-0.3, -0.25) is 14.9 Å². The Morgan fingerprint density at radius 3 is 2.70 bits per heavy atom. The van der Waals surface area contributed by atoms with E-state index in [0.29, 0.717) is 5.95 Å². The summed E-state index contributed by atoms with van der Waals surface area (Å²) >= 11 is 0. The zero-order valence-electron chi connectivity index (χ0n) is 12.7. The Morgan fingerprint density at radius 1 is 1.13 bits per heavy atom. The van der Waals surface area contributed by atoms with Crippen molar-refractivity contribution in [3.05, 3.63) is 72.8 Å². The van der Waals surface area contributed by atoms with Gasteiger partial charge in [0.2, 0.25) is 5.95 Å². The highest BCUT2D eigenvalue weighted by molar-refractivity contribution is 5.88. The summed E-state index contributed by atoms with van der Waals surface area (Å²) < 4.78 is 1.81. The van der Waals surface area contributed by atoms with Crippen molar-refractivity contribution in [2.75, 3.05) is 5.32 Å². The van der Waals surface area contributed by atoms with E-state index in [4.69, 9.17) is 0 Å². The third-order valence-electron chi connectivity index (χ3n) is 3.43. The van der Waals surface area contributed by atoms with E-state index in [0.717, 1.165) is 11.3 Å². The van der Waals surface area contributed by atoms with Gasteiger partial charge in [0, 0.05) is 30.5 Å². The highest BCUT2D eigenvalue weighted by Gasteiger charge is 2.12. The van der Waals surface area contributed by atoms with Crippen molar-refractivity contribution in [1.29, 1.82) is 0 Å². The molecule has 2 amide bonds. The number of para-hydroxylation sites is 1. The molecule has 0 fully saturated rings. The average molecular weight is 307 g/mol. The van der Waals surface area contributed by atoms with Crippen LogP contribution < -0.4 is 10.6 Å². The van der Waals surface area contributed by atoms with E-state index in [2.05, 4.69) is 20.6 Å². The van der Waals surface area contributed by atoms with Gasteiger partial charge in [0.1, 0.15) is 0 Å². The molecule has 0 aliphatic rings. The van der Waals surface area contributed by atoms with Gasteiger partial charge in [0.15, 0.2) is 0 Å². The van der Waals surface area contributed by atoms with Crippen molar-refractivity contribution >= 4 is 12.0 Å². The second-order valence-electron chi connectivity index (χ2n) is 5.06. The number of anilines is 1. The maximum absolute atomic E-state index is 12.2. The fraction of sp³-hybridized carbons (Fsp3) is 0.118. The predicted octanol–water partition coefficient (Wildman–Crippen LogP) is 3.15. The van der Waals surface area contributed by atoms with Crippen molar-refractivity contribution in [2.24, 2.45) is 0 Å². The van der Waals surface area contributed by atoms with E-state index in [1.807, 2.05) is 54.0 Å². The van der Waals surface area contributed by atoms with Gasteiger partial charge in [-0.25, -0.2) is 9.78 Å². The molecule has 0 saturated carbocycles. The normalized spacial score (nSPS) is 11.7. The number of urea groups is 1. The molecule has 0 bridgehead atoms. The topological polar surface area (TPSA) is 71.8 Å². The van der Waals surface area contributed by atoms with E-state index in [1.165, 1.54) is 0 Å². The van der Waals surface area contributed by atoms with E-state index >= 15 is 0 Å². The van der Waals surface area contributed by atoms with Gasteiger partial charge in [0.05, 0.1) is 6.04 Å². The van der Waals surface area contributed by atoms with E-state index in [9.17, 15) is 4.79 Å². The summed E-state index contributed by atoms with van der Waals surface area (Å²) in [5.41, 5.74) is 1.87. The lowest BCUT2D eigenvalue weighted by molar-refractivity contribution is 0.249. The molecule has 0 aliphatic heterocycles. The molecule has 0 spiro atoms. The van der Waals surface area contributed by atoms with E-state index in [1.54, 1.807) is 24.8 Å². The molecular weight excluding hydrogens is 290 g/mol. The second-order valence-corrected chi connectivity index (χ2v) is 5.06. The maximum atomic E-state index is 12.2. The number of hydrogen-bond acceptors (Lipinski definition) is 3. The Morgan fingerprint density at radius 2 is 1.96 bits per heavy atom. The highest BCUT2D eigenvalue weighted by Crippen LogP contribution is 2.14. The Hall–Kier alpha value is -3.15. The van der Waals surface area contributed by atoms with Crippen LogP contribution >= 0.6 is 0 Å². The lowest BCUT2D eigenvalue weighted by Crippen LogP contribution is -2.32. The smallest absolute Gasteiger partial charge is 0.322 e. The molecule has 2 aromatic heterocycles. The van der Waals surface area contributed by atoms with Crippen LogP contribution in [0.2, 0.25) is 0 Å². The van der Waals surface area contributed by atoms with Crippen LogP contribution in [0.4, 0.5) is 10.7 Å². The lowest BCUT2D eigenvalue weighted by atomic mass is 10.1. The molecule has 116 valence electrons. The van der Waals surface area contributed by atoms with E-state index in [-0.39, 0.29) is 12.1 Å². The number of benzene rings is 1. The second kappa shape index (κ2) is 6.74. The van der Waals surface area contributed by atoms with Gasteiger partial charge in [0.25, 0.3) is 0 Å². The first kappa shape index (κ1) is 14.8. The summed E-state index contributed by atoms with van der Waals surface area (Å²) in [5, 5.41) is 5.64. The quantitative estimate of drug-likeness (QED) is 0.777. The van der Waals surface area contributed by atoms with Crippen LogP contribution in [0.15, 0.2) is 67.3 Å². The van der Waals surface area contributed by atoms with E-state index < -0.39 is 0 Å². The Labute approximate surface area is 134 Å². The van der Waals surface area contributed by atoms with Crippen LogP contribution in [0.3, 0.4) is 0 Å². The lowest BCUT2D eigenvalue weighted by Gasteiger charge is -2.15. The molecule has 1 aromatic carbocycles. The first-order chi connectivity index (χ1) is 11.2. The number of rotatable bonds is 4. The molecular formula is C17H17N5O. The molecule has 0 unspecified atom stereocenters. The largest absolute Gasteiger partial charge is 0.331 e. The fourth-order valence-corrected chi connectivity index (χ4v) is 2.24. The summed E-state index contributed by atoms with van der Waals surface area (Å²) in [7, 11) is 0. The minimum atomic E-state index is -0.315. The first-order valence-electron chi connectivity index (χ1n) is 7.30. The zero-order valence-corrected chi connectivity index (χ0v) is 12.7. The molecule has 2 heterocycles. The number of imidazole rings is 1. The van der Waals surface area contributed by atoms with Crippen molar-refractivity contribution in [3.63, 3.8) is 0 Å². The average Bonchev–Trinajstić information content (AvgIpc) is 3.04. The van der Waals surface area contributed by atoms with Crippen LogP contribution in [0, 0.1) is 0 Å². The third kappa shape index (κ3) is 3.55. The molecule has 3 aromatic rings. The number of aromatic nitrogens is 3. The summed E-state index contributed by atoms with van der Waals surface area (Å²) in [5.74, 6) is 0.465. The fourth-order valence-electron chi connectivity index (χ4n) is 2.24. The van der Waals surface area contributed by atoms with Gasteiger partial charge in [-0.05, 0) is 30.7 Å². The Kier molecular flexibility index (Phi) is 4.33. The number of pyridine rings is 1. The van der Waals surface area contributed by atoms with Gasteiger partial charge >= 0.3 is 6.03 Å². The molecule has 0 aliphatic carbocycles. The van der Waals surface area contributed by atoms with Crippen molar-refractivity contribution in [1.82, 2.24) is 19.9 Å². The molecule has 23 heavy (non-hydrogen) atoms. The maximum Gasteiger partial charge on any atom is 0.322 e. The minimum Gasteiger partial charge on any atom is -0.331 e. The molecule has 0 radical (unpaired) electrons. The molecule has 6 heteroatoms. The number of carbonyl (C=O) groups excluding carboxylic acids is 1. The summed E-state index contributed by atoms with van der Waals surface area (Å²) in [6.45, 7) is 1.90. The van der Waals surface area contributed by atoms with Crippen molar-refractivity contribution < 1.29 is 4.79 Å². The number of hydrogen-bond donors (Lipinski definition) is 2. The Bertz CT molecular complexity index is 770. The first-order valence-corrected chi connectivity index (χ1v) is 7.30. The molecule has 1 atom stereocenters. The van der Waals surface area contributed by atoms with Gasteiger partial charge < -0.3 is 5.32 Å². The predicted molar refractivity (Wildman–Crippen MR) is 88.4 cm³/mol. The monoisotopic (exact) mass is 307 g/mol. The van der Waals surface area contributed by atoms with Gasteiger partial charge in [-0.15, -0.1) is 0 Å². The summed E-state index contributed by atoms with van der Waals surface area (Å²) in [6, 6.07) is 13.0. The molecule has 2 N–H and O–H groups in total. The SMILES string of the molecule is C[C@H](NC(=O)Nc1nccn1-c1ccccc1)c1cccnc1. The Balaban J connectivity index is 1.69. The molecule has 0 saturated heterocycles. The van der Waals surface area contributed by atoms with Crippen LogP contribution in [-0.2, 0) is 0 Å². The van der Waals surface area contributed by atoms with Gasteiger partial charge in [-0.2, -0.15) is 0 Å². The molecule has 3 rings (SSSR count). The number of amides is 2. The van der Waals surface area contributed by atoms with Crippen molar-refractivity contribution in [2.45, 2.75) is 13.0 Å². The highest BCUT2D eigenvalue weighted by atomic mass is 16.2. The van der Waals surface area contributed by atoms with Crippen molar-refractivity contribution in [3.8, 4) is 5.69 Å².